The van der Waals surface area contributed by atoms with Crippen molar-refractivity contribution in [3.8, 4) is 11.5 Å². The number of ether oxygens (including phenoxy) is 2. The summed E-state index contributed by atoms with van der Waals surface area (Å²) in [6, 6.07) is 16.9. The van der Waals surface area contributed by atoms with E-state index in [0.29, 0.717) is 34.7 Å². The summed E-state index contributed by atoms with van der Waals surface area (Å²) < 4.78 is 12.7. The average molecular weight is 566 g/mol. The van der Waals surface area contributed by atoms with Gasteiger partial charge in [0.2, 0.25) is 5.91 Å². The lowest BCUT2D eigenvalue weighted by Gasteiger charge is -2.17. The minimum absolute atomic E-state index is 0.00636. The van der Waals surface area contributed by atoms with Crippen molar-refractivity contribution < 1.29 is 14.3 Å². The van der Waals surface area contributed by atoms with Gasteiger partial charge in [0.05, 0.1) is 11.1 Å². The van der Waals surface area contributed by atoms with E-state index in [1.54, 1.807) is 18.2 Å². The molecule has 3 aromatic rings. The summed E-state index contributed by atoms with van der Waals surface area (Å²) >= 11 is 16.2. The van der Waals surface area contributed by atoms with Crippen LogP contribution in [0, 0.1) is 5.92 Å². The van der Waals surface area contributed by atoms with Crippen LogP contribution in [0.2, 0.25) is 10.0 Å². The Morgan fingerprint density at radius 1 is 1.00 bits per heavy atom. The standard InChI is InChI=1S/C26H27BrCl2N2O3/c1-4-33-24-13-17(14-30-18-8-10-19(11-9-18)31-26(32)16(2)3)12-21(27)25(24)34-15-20-22(28)6-5-7-23(20)29/h5-13,16,30H,4,14-15H2,1-3H3,(H,31,32). The van der Waals surface area contributed by atoms with E-state index in [9.17, 15) is 4.79 Å². The van der Waals surface area contributed by atoms with Crippen molar-refractivity contribution in [3.63, 3.8) is 0 Å². The highest BCUT2D eigenvalue weighted by atomic mass is 79.9. The molecule has 0 heterocycles. The van der Waals surface area contributed by atoms with E-state index in [1.807, 2.05) is 57.2 Å². The maximum atomic E-state index is 11.8. The smallest absolute Gasteiger partial charge is 0.226 e. The number of nitrogens with one attached hydrogen (secondary N) is 2. The molecule has 5 nitrogen and oxygen atoms in total. The molecule has 180 valence electrons. The Balaban J connectivity index is 1.69. The van der Waals surface area contributed by atoms with Crippen molar-refractivity contribution in [2.45, 2.75) is 33.9 Å². The molecule has 34 heavy (non-hydrogen) atoms. The number of anilines is 2. The van der Waals surface area contributed by atoms with Crippen LogP contribution in [0.4, 0.5) is 11.4 Å². The summed E-state index contributed by atoms with van der Waals surface area (Å²) in [7, 11) is 0. The number of benzene rings is 3. The van der Waals surface area contributed by atoms with Gasteiger partial charge >= 0.3 is 0 Å². The molecule has 0 aromatic heterocycles. The first-order valence-corrected chi connectivity index (χ1v) is 12.5. The molecule has 0 fully saturated rings. The highest BCUT2D eigenvalue weighted by Crippen LogP contribution is 2.38. The summed E-state index contributed by atoms with van der Waals surface area (Å²) in [5.41, 5.74) is 3.44. The van der Waals surface area contributed by atoms with Gasteiger partial charge in [-0.05, 0) is 76.9 Å². The van der Waals surface area contributed by atoms with Crippen molar-refractivity contribution in [1.29, 1.82) is 0 Å². The molecule has 0 unspecified atom stereocenters. The maximum Gasteiger partial charge on any atom is 0.226 e. The lowest BCUT2D eigenvalue weighted by atomic mass is 10.1. The van der Waals surface area contributed by atoms with Crippen LogP contribution in [0.3, 0.4) is 0 Å². The van der Waals surface area contributed by atoms with E-state index in [4.69, 9.17) is 32.7 Å². The van der Waals surface area contributed by atoms with E-state index in [2.05, 4.69) is 26.6 Å². The molecule has 8 heteroatoms. The molecule has 0 aliphatic heterocycles. The van der Waals surface area contributed by atoms with Gasteiger partial charge < -0.3 is 20.1 Å². The lowest BCUT2D eigenvalue weighted by molar-refractivity contribution is -0.118. The first-order valence-electron chi connectivity index (χ1n) is 10.9. The molecule has 0 atom stereocenters. The highest BCUT2D eigenvalue weighted by molar-refractivity contribution is 9.10. The van der Waals surface area contributed by atoms with Gasteiger partial charge in [0, 0.05) is 39.4 Å². The van der Waals surface area contributed by atoms with E-state index in [-0.39, 0.29) is 18.4 Å². The second-order valence-corrected chi connectivity index (χ2v) is 9.57. The third-order valence-corrected chi connectivity index (χ3v) is 6.26. The number of hydrogen-bond acceptors (Lipinski definition) is 4. The number of rotatable bonds is 10. The minimum Gasteiger partial charge on any atom is -0.490 e. The molecule has 0 bridgehead atoms. The lowest BCUT2D eigenvalue weighted by Crippen LogP contribution is -2.17. The maximum absolute atomic E-state index is 11.8. The van der Waals surface area contributed by atoms with Crippen LogP contribution in [0.1, 0.15) is 31.9 Å². The topological polar surface area (TPSA) is 59.6 Å². The average Bonchev–Trinajstić information content (AvgIpc) is 2.79. The van der Waals surface area contributed by atoms with Gasteiger partial charge in [0.1, 0.15) is 6.61 Å². The second kappa shape index (κ2) is 12.3. The third-order valence-electron chi connectivity index (χ3n) is 4.97. The second-order valence-electron chi connectivity index (χ2n) is 7.90. The number of halogens is 3. The summed E-state index contributed by atoms with van der Waals surface area (Å²) in [5, 5.41) is 7.38. The van der Waals surface area contributed by atoms with Crippen LogP contribution in [-0.4, -0.2) is 12.5 Å². The number of carbonyl (C=O) groups is 1. The Morgan fingerprint density at radius 2 is 1.65 bits per heavy atom. The molecule has 0 radical (unpaired) electrons. The third kappa shape index (κ3) is 7.05. The van der Waals surface area contributed by atoms with Crippen LogP contribution < -0.4 is 20.1 Å². The molecular formula is C26H27BrCl2N2O3. The van der Waals surface area contributed by atoms with Gasteiger partial charge in [0.15, 0.2) is 11.5 Å². The molecule has 3 aromatic carbocycles. The van der Waals surface area contributed by atoms with Crippen molar-refractivity contribution in [3.05, 3.63) is 80.2 Å². The zero-order chi connectivity index (χ0) is 24.7. The van der Waals surface area contributed by atoms with Gasteiger partial charge in [-0.15, -0.1) is 0 Å². The Kier molecular flexibility index (Phi) is 9.51. The summed E-state index contributed by atoms with van der Waals surface area (Å²) in [5.74, 6) is 1.15. The molecule has 3 rings (SSSR count). The van der Waals surface area contributed by atoms with Crippen LogP contribution >= 0.6 is 39.1 Å². The van der Waals surface area contributed by atoms with E-state index >= 15 is 0 Å². The molecule has 0 aliphatic carbocycles. The van der Waals surface area contributed by atoms with Crippen LogP contribution in [0.25, 0.3) is 0 Å². The summed E-state index contributed by atoms with van der Waals surface area (Å²) in [4.78, 5) is 11.8. The number of amides is 1. The molecular weight excluding hydrogens is 539 g/mol. The van der Waals surface area contributed by atoms with Gasteiger partial charge in [-0.1, -0.05) is 43.1 Å². The molecule has 0 aliphatic rings. The normalized spacial score (nSPS) is 10.8. The highest BCUT2D eigenvalue weighted by Gasteiger charge is 2.15. The monoisotopic (exact) mass is 564 g/mol. The van der Waals surface area contributed by atoms with Crippen molar-refractivity contribution in [2.24, 2.45) is 5.92 Å². The summed E-state index contributed by atoms with van der Waals surface area (Å²) in [6.07, 6.45) is 0. The van der Waals surface area contributed by atoms with E-state index < -0.39 is 0 Å². The Morgan fingerprint density at radius 3 is 2.26 bits per heavy atom. The number of carbonyl (C=O) groups excluding carboxylic acids is 1. The fraction of sp³-hybridized carbons (Fsp3) is 0.269. The zero-order valence-electron chi connectivity index (χ0n) is 19.3. The first kappa shape index (κ1) is 26.2. The first-order chi connectivity index (χ1) is 16.3. The SMILES string of the molecule is CCOc1cc(CNc2ccc(NC(=O)C(C)C)cc2)cc(Br)c1OCc1c(Cl)cccc1Cl. The van der Waals surface area contributed by atoms with Crippen LogP contribution in [-0.2, 0) is 17.9 Å². The molecule has 2 N–H and O–H groups in total. The largest absolute Gasteiger partial charge is 0.490 e. The molecule has 0 saturated heterocycles. The summed E-state index contributed by atoms with van der Waals surface area (Å²) in [6.45, 7) is 6.94. The molecule has 1 amide bonds. The Bertz CT molecular complexity index is 1120. The quantitative estimate of drug-likeness (QED) is 0.262. The van der Waals surface area contributed by atoms with Gasteiger partial charge in [-0.2, -0.15) is 0 Å². The van der Waals surface area contributed by atoms with Crippen molar-refractivity contribution in [2.75, 3.05) is 17.2 Å². The fourth-order valence-electron chi connectivity index (χ4n) is 3.10. The van der Waals surface area contributed by atoms with Gasteiger partial charge in [0.25, 0.3) is 0 Å². The van der Waals surface area contributed by atoms with Gasteiger partial charge in [-0.3, -0.25) is 4.79 Å². The van der Waals surface area contributed by atoms with Crippen LogP contribution in [0.5, 0.6) is 11.5 Å². The van der Waals surface area contributed by atoms with E-state index in [1.165, 1.54) is 0 Å². The van der Waals surface area contributed by atoms with Crippen molar-refractivity contribution in [1.82, 2.24) is 0 Å². The fourth-order valence-corrected chi connectivity index (χ4v) is 4.21. The Labute approximate surface area is 218 Å². The van der Waals surface area contributed by atoms with Crippen molar-refractivity contribution >= 4 is 56.4 Å². The predicted octanol–water partition coefficient (Wildman–Crippen LogP) is 7.94. The number of hydrogen-bond donors (Lipinski definition) is 2. The van der Waals surface area contributed by atoms with Crippen LogP contribution in [0.15, 0.2) is 59.1 Å². The van der Waals surface area contributed by atoms with E-state index in [0.717, 1.165) is 27.0 Å². The Hall–Kier alpha value is -2.41. The predicted molar refractivity (Wildman–Crippen MR) is 143 cm³/mol. The van der Waals surface area contributed by atoms with Gasteiger partial charge in [-0.25, -0.2) is 0 Å². The molecule has 0 spiro atoms. The molecule has 0 saturated carbocycles. The zero-order valence-corrected chi connectivity index (χ0v) is 22.4. The minimum atomic E-state index is -0.0654.